The zero-order chi connectivity index (χ0) is 12.4. The predicted octanol–water partition coefficient (Wildman–Crippen LogP) is 1.88. The first-order chi connectivity index (χ1) is 8.09. The highest BCUT2D eigenvalue weighted by atomic mass is 16.3. The number of hydrogen-bond acceptors (Lipinski definition) is 3. The van der Waals surface area contributed by atoms with E-state index in [0.29, 0.717) is 0 Å². The summed E-state index contributed by atoms with van der Waals surface area (Å²) in [4.78, 5) is 10.7. The third-order valence-corrected chi connectivity index (χ3v) is 2.86. The monoisotopic (exact) mass is 232 g/mol. The molecule has 1 aromatic heterocycles. The van der Waals surface area contributed by atoms with Crippen LogP contribution in [0.3, 0.4) is 0 Å². The van der Waals surface area contributed by atoms with Crippen LogP contribution in [-0.2, 0) is 4.79 Å². The minimum absolute atomic E-state index is 0.0325. The molecule has 4 nitrogen and oxygen atoms in total. The van der Waals surface area contributed by atoms with Crippen molar-refractivity contribution in [2.24, 2.45) is 5.73 Å². The molecule has 4 heteroatoms. The van der Waals surface area contributed by atoms with E-state index in [-0.39, 0.29) is 18.5 Å². The number of nitrogens with two attached hydrogens (primary N) is 1. The van der Waals surface area contributed by atoms with Crippen molar-refractivity contribution in [3.8, 4) is 0 Å². The summed E-state index contributed by atoms with van der Waals surface area (Å²) in [7, 11) is 0. The number of primary amides is 1. The van der Waals surface area contributed by atoms with Gasteiger partial charge in [-0.1, -0.05) is 18.2 Å². The Morgan fingerprint density at radius 2 is 2.18 bits per heavy atom. The Morgan fingerprint density at radius 3 is 2.82 bits per heavy atom. The molecule has 1 heterocycles. The molecule has 1 amide bonds. The van der Waals surface area contributed by atoms with Gasteiger partial charge >= 0.3 is 0 Å². The number of aryl methyl sites for hydroxylation is 1. The number of furan rings is 1. The van der Waals surface area contributed by atoms with Crippen molar-refractivity contribution in [2.75, 3.05) is 6.54 Å². The van der Waals surface area contributed by atoms with E-state index in [0.717, 1.165) is 22.3 Å². The Kier molecular flexibility index (Phi) is 3.15. The van der Waals surface area contributed by atoms with Gasteiger partial charge in [0, 0.05) is 5.39 Å². The summed E-state index contributed by atoms with van der Waals surface area (Å²) in [5.74, 6) is 0.484. The molecule has 0 aliphatic carbocycles. The van der Waals surface area contributed by atoms with Gasteiger partial charge < -0.3 is 10.2 Å². The molecule has 0 aliphatic rings. The molecule has 3 N–H and O–H groups in total. The molecule has 1 unspecified atom stereocenters. The van der Waals surface area contributed by atoms with Crippen molar-refractivity contribution < 1.29 is 9.21 Å². The van der Waals surface area contributed by atoms with Crippen LogP contribution in [0.15, 0.2) is 28.7 Å². The van der Waals surface area contributed by atoms with Crippen LogP contribution in [0.4, 0.5) is 0 Å². The van der Waals surface area contributed by atoms with Crippen molar-refractivity contribution in [1.82, 2.24) is 5.32 Å². The first-order valence-corrected chi connectivity index (χ1v) is 5.59. The van der Waals surface area contributed by atoms with Gasteiger partial charge in [0.2, 0.25) is 5.91 Å². The molecule has 1 atom stereocenters. The minimum Gasteiger partial charge on any atom is -0.459 e. The van der Waals surface area contributed by atoms with E-state index in [2.05, 4.69) is 5.32 Å². The van der Waals surface area contributed by atoms with Gasteiger partial charge in [-0.05, 0) is 25.5 Å². The highest BCUT2D eigenvalue weighted by molar-refractivity contribution is 5.82. The Hall–Kier alpha value is -1.81. The average molecular weight is 232 g/mol. The lowest BCUT2D eigenvalue weighted by molar-refractivity contribution is -0.117. The molecule has 0 spiro atoms. The van der Waals surface area contributed by atoms with Crippen LogP contribution in [0.5, 0.6) is 0 Å². The van der Waals surface area contributed by atoms with Gasteiger partial charge in [-0.25, -0.2) is 0 Å². The number of para-hydroxylation sites is 1. The molecule has 2 aromatic rings. The molecule has 2 rings (SSSR count). The molecule has 0 saturated heterocycles. The number of benzene rings is 1. The Labute approximate surface area is 99.8 Å². The second-order valence-corrected chi connectivity index (χ2v) is 4.16. The van der Waals surface area contributed by atoms with Crippen molar-refractivity contribution in [1.29, 1.82) is 0 Å². The molecule has 1 aromatic carbocycles. The second-order valence-electron chi connectivity index (χ2n) is 4.16. The van der Waals surface area contributed by atoms with Gasteiger partial charge in [-0.15, -0.1) is 0 Å². The standard InChI is InChI=1S/C13H16N2O2/c1-8-10-5-3-4-6-11(10)17-13(8)9(2)15-7-12(14)16/h3-6,9,15H,7H2,1-2H3,(H2,14,16). The van der Waals surface area contributed by atoms with Crippen LogP contribution in [0.25, 0.3) is 11.0 Å². The zero-order valence-corrected chi connectivity index (χ0v) is 9.99. The van der Waals surface area contributed by atoms with E-state index in [1.54, 1.807) is 0 Å². The lowest BCUT2D eigenvalue weighted by Gasteiger charge is -2.10. The lowest BCUT2D eigenvalue weighted by atomic mass is 10.1. The fraction of sp³-hybridized carbons (Fsp3) is 0.308. The summed E-state index contributed by atoms with van der Waals surface area (Å²) in [6.07, 6.45) is 0. The maximum absolute atomic E-state index is 10.7. The van der Waals surface area contributed by atoms with Crippen LogP contribution >= 0.6 is 0 Å². The molecule has 0 radical (unpaired) electrons. The van der Waals surface area contributed by atoms with Crippen LogP contribution < -0.4 is 11.1 Å². The number of nitrogens with one attached hydrogen (secondary N) is 1. The number of amides is 1. The molecule has 90 valence electrons. The lowest BCUT2D eigenvalue weighted by Crippen LogP contribution is -2.30. The number of carbonyl (C=O) groups is 1. The molecular weight excluding hydrogens is 216 g/mol. The maximum Gasteiger partial charge on any atom is 0.231 e. The first kappa shape index (κ1) is 11.7. The third-order valence-electron chi connectivity index (χ3n) is 2.86. The van der Waals surface area contributed by atoms with E-state index in [1.807, 2.05) is 38.1 Å². The largest absolute Gasteiger partial charge is 0.459 e. The molecule has 0 bridgehead atoms. The minimum atomic E-state index is -0.370. The number of hydrogen-bond donors (Lipinski definition) is 2. The Bertz CT molecular complexity index is 545. The summed E-state index contributed by atoms with van der Waals surface area (Å²) in [5, 5.41) is 4.14. The van der Waals surface area contributed by atoms with Gasteiger partial charge in [0.25, 0.3) is 0 Å². The smallest absolute Gasteiger partial charge is 0.231 e. The van der Waals surface area contributed by atoms with E-state index in [4.69, 9.17) is 10.2 Å². The van der Waals surface area contributed by atoms with Gasteiger partial charge in [-0.3, -0.25) is 10.1 Å². The van der Waals surface area contributed by atoms with E-state index in [9.17, 15) is 4.79 Å². The number of rotatable bonds is 4. The SMILES string of the molecule is Cc1c(C(C)NCC(N)=O)oc2ccccc12. The van der Waals surface area contributed by atoms with E-state index < -0.39 is 0 Å². The number of fused-ring (bicyclic) bond motifs is 1. The summed E-state index contributed by atoms with van der Waals surface area (Å²) >= 11 is 0. The topological polar surface area (TPSA) is 68.3 Å². The fourth-order valence-corrected chi connectivity index (χ4v) is 1.95. The van der Waals surface area contributed by atoms with Gasteiger partial charge in [0.1, 0.15) is 11.3 Å². The second kappa shape index (κ2) is 4.59. The van der Waals surface area contributed by atoms with Crippen molar-refractivity contribution in [3.05, 3.63) is 35.6 Å². The summed E-state index contributed by atoms with van der Waals surface area (Å²) < 4.78 is 5.78. The van der Waals surface area contributed by atoms with E-state index in [1.165, 1.54) is 0 Å². The van der Waals surface area contributed by atoms with Crippen LogP contribution in [-0.4, -0.2) is 12.5 Å². The van der Waals surface area contributed by atoms with Crippen LogP contribution in [0, 0.1) is 6.92 Å². The summed E-state index contributed by atoms with van der Waals surface area (Å²) in [6.45, 7) is 4.12. The number of carbonyl (C=O) groups excluding carboxylic acids is 1. The zero-order valence-electron chi connectivity index (χ0n) is 9.99. The quantitative estimate of drug-likeness (QED) is 0.845. The van der Waals surface area contributed by atoms with Crippen molar-refractivity contribution in [2.45, 2.75) is 19.9 Å². The molecule has 0 saturated carbocycles. The molecule has 0 fully saturated rings. The third kappa shape index (κ3) is 2.31. The van der Waals surface area contributed by atoms with Gasteiger partial charge in [0.05, 0.1) is 12.6 Å². The highest BCUT2D eigenvalue weighted by Crippen LogP contribution is 2.28. The van der Waals surface area contributed by atoms with E-state index >= 15 is 0 Å². The summed E-state index contributed by atoms with van der Waals surface area (Å²) in [5.41, 5.74) is 7.07. The molecule has 17 heavy (non-hydrogen) atoms. The normalized spacial score (nSPS) is 12.8. The fourth-order valence-electron chi connectivity index (χ4n) is 1.95. The van der Waals surface area contributed by atoms with Gasteiger partial charge in [0.15, 0.2) is 0 Å². The first-order valence-electron chi connectivity index (χ1n) is 5.59. The highest BCUT2D eigenvalue weighted by Gasteiger charge is 2.16. The van der Waals surface area contributed by atoms with Crippen LogP contribution in [0.2, 0.25) is 0 Å². The molecular formula is C13H16N2O2. The van der Waals surface area contributed by atoms with Crippen molar-refractivity contribution in [3.63, 3.8) is 0 Å². The Morgan fingerprint density at radius 1 is 1.47 bits per heavy atom. The van der Waals surface area contributed by atoms with Crippen molar-refractivity contribution >= 4 is 16.9 Å². The molecule has 0 aliphatic heterocycles. The maximum atomic E-state index is 10.7. The predicted molar refractivity (Wildman–Crippen MR) is 66.6 cm³/mol. The summed E-state index contributed by atoms with van der Waals surface area (Å²) in [6, 6.07) is 7.85. The van der Waals surface area contributed by atoms with Crippen LogP contribution in [0.1, 0.15) is 24.3 Å². The Balaban J connectivity index is 2.29. The van der Waals surface area contributed by atoms with Gasteiger partial charge in [-0.2, -0.15) is 0 Å². The average Bonchev–Trinajstić information content (AvgIpc) is 2.64.